The Kier molecular flexibility index (Phi) is 9.10. The molecular weight excluding hydrogens is 254 g/mol. The van der Waals surface area contributed by atoms with Crippen LogP contribution in [0.5, 0.6) is 0 Å². The van der Waals surface area contributed by atoms with E-state index in [1.807, 2.05) is 6.92 Å². The van der Waals surface area contributed by atoms with Gasteiger partial charge in [-0.1, -0.05) is 20.3 Å². The van der Waals surface area contributed by atoms with Crippen molar-refractivity contribution in [1.82, 2.24) is 4.90 Å². The van der Waals surface area contributed by atoms with Gasteiger partial charge in [-0.3, -0.25) is 14.4 Å². The van der Waals surface area contributed by atoms with E-state index in [0.29, 0.717) is 12.5 Å². The van der Waals surface area contributed by atoms with Crippen molar-refractivity contribution in [1.29, 1.82) is 0 Å². The molecule has 0 aromatic rings. The lowest BCUT2D eigenvalue weighted by Gasteiger charge is -2.23. The molecule has 0 heterocycles. The van der Waals surface area contributed by atoms with E-state index in [1.165, 1.54) is 6.92 Å². The Morgan fingerprint density at radius 1 is 1.05 bits per heavy atom. The quantitative estimate of drug-likeness (QED) is 0.579. The molecule has 0 bridgehead atoms. The van der Waals surface area contributed by atoms with E-state index in [0.717, 1.165) is 25.7 Å². The zero-order valence-electron chi connectivity index (χ0n) is 13.6. The van der Waals surface area contributed by atoms with Gasteiger partial charge in [0.25, 0.3) is 0 Å². The molecule has 0 radical (unpaired) electrons. The molecule has 0 aliphatic carbocycles. The van der Waals surface area contributed by atoms with Crippen LogP contribution in [-0.2, 0) is 14.4 Å². The molecule has 0 aromatic carbocycles. The molecule has 2 atom stereocenters. The number of nitrogens with zero attached hydrogens (tertiary/aromatic N) is 1. The molecular formula is C16H29NO3. The van der Waals surface area contributed by atoms with Crippen molar-refractivity contribution in [3.8, 4) is 0 Å². The highest BCUT2D eigenvalue weighted by molar-refractivity contribution is 5.96. The second kappa shape index (κ2) is 9.67. The molecule has 2 unspecified atom stereocenters. The summed E-state index contributed by atoms with van der Waals surface area (Å²) in [6.07, 6.45) is 3.67. The van der Waals surface area contributed by atoms with Crippen LogP contribution in [0.25, 0.3) is 0 Å². The Balaban J connectivity index is 4.27. The smallest absolute Gasteiger partial charge is 0.229 e. The van der Waals surface area contributed by atoms with Gasteiger partial charge in [-0.05, 0) is 39.0 Å². The summed E-state index contributed by atoms with van der Waals surface area (Å²) in [7, 11) is 1.74. The largest absolute Gasteiger partial charge is 0.345 e. The molecule has 0 saturated heterocycles. The number of carbonyl (C=O) groups excluding carboxylic acids is 3. The summed E-state index contributed by atoms with van der Waals surface area (Å²) in [5.41, 5.74) is 0. The zero-order chi connectivity index (χ0) is 15.7. The van der Waals surface area contributed by atoms with Gasteiger partial charge >= 0.3 is 0 Å². The first-order valence-corrected chi connectivity index (χ1v) is 7.55. The Morgan fingerprint density at radius 2 is 1.65 bits per heavy atom. The van der Waals surface area contributed by atoms with Gasteiger partial charge in [0, 0.05) is 19.5 Å². The maximum Gasteiger partial charge on any atom is 0.229 e. The molecule has 116 valence electrons. The minimum absolute atomic E-state index is 0.0156. The molecule has 0 N–H and O–H groups in total. The average molecular weight is 283 g/mol. The lowest BCUT2D eigenvalue weighted by Crippen LogP contribution is -2.30. The third-order valence-corrected chi connectivity index (χ3v) is 3.96. The van der Waals surface area contributed by atoms with Crippen LogP contribution in [0.3, 0.4) is 0 Å². The van der Waals surface area contributed by atoms with Crippen LogP contribution in [0.4, 0.5) is 0 Å². The monoisotopic (exact) mass is 283 g/mol. The number of amides is 1. The lowest BCUT2D eigenvalue weighted by molar-refractivity contribution is -0.134. The van der Waals surface area contributed by atoms with Crippen molar-refractivity contribution in [2.45, 2.75) is 59.8 Å². The summed E-state index contributed by atoms with van der Waals surface area (Å²) in [6.45, 7) is 7.90. The van der Waals surface area contributed by atoms with Gasteiger partial charge in [-0.25, -0.2) is 0 Å². The second-order valence-electron chi connectivity index (χ2n) is 5.71. The molecule has 0 saturated carbocycles. The van der Waals surface area contributed by atoms with Gasteiger partial charge in [-0.15, -0.1) is 0 Å². The van der Waals surface area contributed by atoms with E-state index in [-0.39, 0.29) is 29.8 Å². The van der Waals surface area contributed by atoms with Gasteiger partial charge in [0.1, 0.15) is 11.6 Å². The highest BCUT2D eigenvalue weighted by Gasteiger charge is 2.19. The Morgan fingerprint density at radius 3 is 2.05 bits per heavy atom. The summed E-state index contributed by atoms with van der Waals surface area (Å²) < 4.78 is 0. The van der Waals surface area contributed by atoms with Gasteiger partial charge in [0.15, 0.2) is 0 Å². The van der Waals surface area contributed by atoms with Gasteiger partial charge in [-0.2, -0.15) is 0 Å². The number of hydrogen-bond acceptors (Lipinski definition) is 3. The Bertz CT molecular complexity index is 339. The molecule has 0 aromatic heterocycles. The third-order valence-electron chi connectivity index (χ3n) is 3.96. The van der Waals surface area contributed by atoms with E-state index in [4.69, 9.17) is 0 Å². The van der Waals surface area contributed by atoms with Gasteiger partial charge < -0.3 is 4.90 Å². The second-order valence-corrected chi connectivity index (χ2v) is 5.71. The molecule has 0 aliphatic rings. The van der Waals surface area contributed by atoms with Crippen LogP contribution in [0.1, 0.15) is 59.8 Å². The number of Topliss-reactive ketones (excluding diaryl/α,β-unsaturated/α-hetero) is 2. The molecule has 1 amide bonds. The van der Waals surface area contributed by atoms with Crippen molar-refractivity contribution in [3.63, 3.8) is 0 Å². The SMILES string of the molecule is CCC(CCN(C)C(=O)CC(C)=O)CC(CC)C(C)=O. The van der Waals surface area contributed by atoms with Crippen molar-refractivity contribution < 1.29 is 14.4 Å². The van der Waals surface area contributed by atoms with Crippen molar-refractivity contribution in [2.24, 2.45) is 11.8 Å². The van der Waals surface area contributed by atoms with Crippen LogP contribution >= 0.6 is 0 Å². The minimum atomic E-state index is -0.119. The van der Waals surface area contributed by atoms with Crippen LogP contribution in [0.15, 0.2) is 0 Å². The fourth-order valence-corrected chi connectivity index (χ4v) is 2.36. The molecule has 0 rings (SSSR count). The normalized spacial score (nSPS) is 13.7. The molecule has 0 spiro atoms. The van der Waals surface area contributed by atoms with Crippen molar-refractivity contribution >= 4 is 17.5 Å². The van der Waals surface area contributed by atoms with E-state index < -0.39 is 0 Å². The highest BCUT2D eigenvalue weighted by atomic mass is 16.2. The fraction of sp³-hybridized carbons (Fsp3) is 0.812. The number of hydrogen-bond donors (Lipinski definition) is 0. The summed E-state index contributed by atoms with van der Waals surface area (Å²) >= 11 is 0. The number of carbonyl (C=O) groups is 3. The van der Waals surface area contributed by atoms with E-state index in [9.17, 15) is 14.4 Å². The van der Waals surface area contributed by atoms with Crippen LogP contribution in [-0.4, -0.2) is 36.0 Å². The predicted octanol–water partition coefficient (Wildman–Crippen LogP) is 2.85. The molecule has 0 aliphatic heterocycles. The molecule has 20 heavy (non-hydrogen) atoms. The van der Waals surface area contributed by atoms with Crippen LogP contribution in [0.2, 0.25) is 0 Å². The predicted molar refractivity (Wildman–Crippen MR) is 80.4 cm³/mol. The van der Waals surface area contributed by atoms with E-state index in [2.05, 4.69) is 6.92 Å². The molecule has 0 fully saturated rings. The van der Waals surface area contributed by atoms with Crippen LogP contribution < -0.4 is 0 Å². The third kappa shape index (κ3) is 7.41. The Labute approximate surface area is 122 Å². The maximum absolute atomic E-state index is 11.7. The fourth-order valence-electron chi connectivity index (χ4n) is 2.36. The number of ketones is 2. The zero-order valence-corrected chi connectivity index (χ0v) is 13.6. The highest BCUT2D eigenvalue weighted by Crippen LogP contribution is 2.22. The summed E-state index contributed by atoms with van der Waals surface area (Å²) in [5.74, 6) is 0.629. The van der Waals surface area contributed by atoms with Crippen molar-refractivity contribution in [2.75, 3.05) is 13.6 Å². The molecule has 4 nitrogen and oxygen atoms in total. The summed E-state index contributed by atoms with van der Waals surface area (Å²) in [6, 6.07) is 0. The van der Waals surface area contributed by atoms with E-state index >= 15 is 0 Å². The van der Waals surface area contributed by atoms with Gasteiger partial charge in [0.05, 0.1) is 6.42 Å². The minimum Gasteiger partial charge on any atom is -0.345 e. The first-order valence-electron chi connectivity index (χ1n) is 7.55. The standard InChI is InChI=1S/C16H29NO3/c1-6-14(11-15(7-2)13(4)19)8-9-17(5)16(20)10-12(3)18/h14-15H,6-11H2,1-5H3. The summed E-state index contributed by atoms with van der Waals surface area (Å²) in [5, 5.41) is 0. The van der Waals surface area contributed by atoms with Gasteiger partial charge in [0.2, 0.25) is 5.91 Å². The lowest BCUT2D eigenvalue weighted by atomic mass is 9.86. The Hall–Kier alpha value is -1.19. The summed E-state index contributed by atoms with van der Waals surface area (Å²) in [4.78, 5) is 35.7. The number of rotatable bonds is 10. The first kappa shape index (κ1) is 18.8. The van der Waals surface area contributed by atoms with Crippen molar-refractivity contribution in [3.05, 3.63) is 0 Å². The maximum atomic E-state index is 11.7. The first-order chi connectivity index (χ1) is 9.31. The topological polar surface area (TPSA) is 54.5 Å². The van der Waals surface area contributed by atoms with E-state index in [1.54, 1.807) is 18.9 Å². The molecule has 4 heteroatoms. The average Bonchev–Trinajstić information content (AvgIpc) is 2.37. The van der Waals surface area contributed by atoms with Crippen LogP contribution in [0, 0.1) is 11.8 Å².